The minimum atomic E-state index is -0.868. The number of halogens is 2. The standard InChI is InChI=1S/C16H16ClNO2.ClH/c17-14-3-1-2-13(9-14)12-6-4-11(5-7-12)8-15(18)10-16(19)20;/h1-7,9,15H,8,10,18H2,(H,19,20);1H/t15-;/m1./s1. The number of benzene rings is 2. The minimum Gasteiger partial charge on any atom is -0.481 e. The second-order valence-electron chi connectivity index (χ2n) is 4.77. The lowest BCUT2D eigenvalue weighted by Gasteiger charge is -2.09. The molecule has 3 N–H and O–H groups in total. The Kier molecular flexibility index (Phi) is 6.69. The Morgan fingerprint density at radius 2 is 1.81 bits per heavy atom. The number of hydrogen-bond donors (Lipinski definition) is 2. The van der Waals surface area contributed by atoms with E-state index in [2.05, 4.69) is 0 Å². The molecule has 0 aromatic heterocycles. The van der Waals surface area contributed by atoms with Crippen molar-refractivity contribution in [2.45, 2.75) is 18.9 Å². The van der Waals surface area contributed by atoms with Gasteiger partial charge in [-0.2, -0.15) is 0 Å². The molecule has 0 fully saturated rings. The van der Waals surface area contributed by atoms with Crippen LogP contribution in [0.15, 0.2) is 48.5 Å². The molecule has 0 amide bonds. The highest BCUT2D eigenvalue weighted by Gasteiger charge is 2.09. The molecule has 21 heavy (non-hydrogen) atoms. The molecule has 2 rings (SSSR count). The molecule has 1 atom stereocenters. The molecule has 0 saturated carbocycles. The second kappa shape index (κ2) is 8.03. The van der Waals surface area contributed by atoms with Crippen molar-refractivity contribution < 1.29 is 9.90 Å². The molecule has 0 spiro atoms. The van der Waals surface area contributed by atoms with Gasteiger partial charge in [-0.1, -0.05) is 48.0 Å². The smallest absolute Gasteiger partial charge is 0.304 e. The van der Waals surface area contributed by atoms with Crippen LogP contribution in [0, 0.1) is 0 Å². The van der Waals surface area contributed by atoms with Gasteiger partial charge in [0.1, 0.15) is 0 Å². The molecule has 0 saturated heterocycles. The monoisotopic (exact) mass is 325 g/mol. The van der Waals surface area contributed by atoms with E-state index in [0.717, 1.165) is 16.7 Å². The first kappa shape index (κ1) is 17.5. The first-order valence-electron chi connectivity index (χ1n) is 6.37. The Labute approximate surface area is 135 Å². The Morgan fingerprint density at radius 1 is 1.14 bits per heavy atom. The fraction of sp³-hybridized carbons (Fsp3) is 0.188. The van der Waals surface area contributed by atoms with Gasteiger partial charge in [0, 0.05) is 11.1 Å². The lowest BCUT2D eigenvalue weighted by atomic mass is 10.00. The van der Waals surface area contributed by atoms with Crippen molar-refractivity contribution in [3.8, 4) is 11.1 Å². The third-order valence-electron chi connectivity index (χ3n) is 3.05. The molecular formula is C16H17Cl2NO2. The van der Waals surface area contributed by atoms with Crippen molar-refractivity contribution in [2.75, 3.05) is 0 Å². The quantitative estimate of drug-likeness (QED) is 0.879. The summed E-state index contributed by atoms with van der Waals surface area (Å²) in [5.74, 6) is -0.868. The summed E-state index contributed by atoms with van der Waals surface area (Å²) in [7, 11) is 0. The SMILES string of the molecule is Cl.N[C@@H](CC(=O)O)Cc1ccc(-c2cccc(Cl)c2)cc1. The van der Waals surface area contributed by atoms with E-state index in [9.17, 15) is 4.79 Å². The molecule has 3 nitrogen and oxygen atoms in total. The number of nitrogens with two attached hydrogens (primary N) is 1. The predicted molar refractivity (Wildman–Crippen MR) is 88.1 cm³/mol. The van der Waals surface area contributed by atoms with Gasteiger partial charge >= 0.3 is 5.97 Å². The fourth-order valence-electron chi connectivity index (χ4n) is 2.10. The highest BCUT2D eigenvalue weighted by atomic mass is 35.5. The van der Waals surface area contributed by atoms with Gasteiger partial charge in [0.15, 0.2) is 0 Å². The first-order valence-corrected chi connectivity index (χ1v) is 6.74. The van der Waals surface area contributed by atoms with E-state index in [4.69, 9.17) is 22.4 Å². The van der Waals surface area contributed by atoms with Crippen LogP contribution in [0.25, 0.3) is 11.1 Å². The van der Waals surface area contributed by atoms with Crippen molar-refractivity contribution in [1.82, 2.24) is 0 Å². The van der Waals surface area contributed by atoms with Crippen LogP contribution in [-0.2, 0) is 11.2 Å². The van der Waals surface area contributed by atoms with Crippen molar-refractivity contribution >= 4 is 30.0 Å². The molecule has 0 aliphatic carbocycles. The number of hydrogen-bond acceptors (Lipinski definition) is 2. The summed E-state index contributed by atoms with van der Waals surface area (Å²) in [5.41, 5.74) is 8.94. The molecule has 0 aliphatic heterocycles. The van der Waals surface area contributed by atoms with E-state index in [-0.39, 0.29) is 24.9 Å². The molecule has 5 heteroatoms. The van der Waals surface area contributed by atoms with Gasteiger partial charge in [0.25, 0.3) is 0 Å². The van der Waals surface area contributed by atoms with Gasteiger partial charge in [-0.15, -0.1) is 12.4 Å². The van der Waals surface area contributed by atoms with Gasteiger partial charge in [-0.25, -0.2) is 0 Å². The van der Waals surface area contributed by atoms with Crippen LogP contribution >= 0.6 is 24.0 Å². The largest absolute Gasteiger partial charge is 0.481 e. The lowest BCUT2D eigenvalue weighted by Crippen LogP contribution is -2.26. The van der Waals surface area contributed by atoms with Crippen LogP contribution in [-0.4, -0.2) is 17.1 Å². The summed E-state index contributed by atoms with van der Waals surface area (Å²) >= 11 is 5.97. The number of carboxylic acids is 1. The maximum Gasteiger partial charge on any atom is 0.304 e. The van der Waals surface area contributed by atoms with Crippen LogP contribution in [0.3, 0.4) is 0 Å². The number of carboxylic acid groups (broad SMARTS) is 1. The van der Waals surface area contributed by atoms with E-state index in [1.807, 2.05) is 48.5 Å². The zero-order chi connectivity index (χ0) is 14.5. The summed E-state index contributed by atoms with van der Waals surface area (Å²) in [4.78, 5) is 10.6. The summed E-state index contributed by atoms with van der Waals surface area (Å²) in [6.45, 7) is 0. The lowest BCUT2D eigenvalue weighted by molar-refractivity contribution is -0.137. The Hall–Kier alpha value is -1.55. The fourth-order valence-corrected chi connectivity index (χ4v) is 2.29. The van der Waals surface area contributed by atoms with Gasteiger partial charge in [0.2, 0.25) is 0 Å². The van der Waals surface area contributed by atoms with E-state index in [0.29, 0.717) is 11.4 Å². The maximum absolute atomic E-state index is 10.6. The molecule has 0 radical (unpaired) electrons. The molecule has 2 aromatic rings. The Bertz CT molecular complexity index is 599. The maximum atomic E-state index is 10.6. The van der Waals surface area contributed by atoms with E-state index in [1.165, 1.54) is 0 Å². The van der Waals surface area contributed by atoms with Gasteiger partial charge in [0.05, 0.1) is 6.42 Å². The highest BCUT2D eigenvalue weighted by Crippen LogP contribution is 2.23. The van der Waals surface area contributed by atoms with Gasteiger partial charge in [-0.05, 0) is 35.2 Å². The topological polar surface area (TPSA) is 63.3 Å². The predicted octanol–water partition coefficient (Wildman–Crippen LogP) is 3.77. The van der Waals surface area contributed by atoms with Crippen molar-refractivity contribution in [1.29, 1.82) is 0 Å². The van der Waals surface area contributed by atoms with E-state index in [1.54, 1.807) is 0 Å². The van der Waals surface area contributed by atoms with Crippen molar-refractivity contribution in [3.05, 3.63) is 59.1 Å². The van der Waals surface area contributed by atoms with E-state index >= 15 is 0 Å². The molecule has 0 unspecified atom stereocenters. The average Bonchev–Trinajstić information content (AvgIpc) is 2.38. The number of aliphatic carboxylic acids is 1. The molecule has 112 valence electrons. The van der Waals surface area contributed by atoms with Gasteiger partial charge < -0.3 is 10.8 Å². The zero-order valence-corrected chi connectivity index (χ0v) is 12.9. The van der Waals surface area contributed by atoms with Gasteiger partial charge in [-0.3, -0.25) is 4.79 Å². The molecule has 0 aliphatic rings. The van der Waals surface area contributed by atoms with E-state index < -0.39 is 5.97 Å². The van der Waals surface area contributed by atoms with Crippen LogP contribution in [0.5, 0.6) is 0 Å². The zero-order valence-electron chi connectivity index (χ0n) is 11.3. The summed E-state index contributed by atoms with van der Waals surface area (Å²) in [6, 6.07) is 15.2. The Balaban J connectivity index is 0.00000220. The van der Waals surface area contributed by atoms with Crippen molar-refractivity contribution in [3.63, 3.8) is 0 Å². The highest BCUT2D eigenvalue weighted by molar-refractivity contribution is 6.30. The molecular weight excluding hydrogens is 309 g/mol. The number of rotatable bonds is 5. The Morgan fingerprint density at radius 3 is 2.38 bits per heavy atom. The third-order valence-corrected chi connectivity index (χ3v) is 3.28. The van der Waals surface area contributed by atoms with Crippen LogP contribution in [0.2, 0.25) is 5.02 Å². The van der Waals surface area contributed by atoms with Crippen LogP contribution in [0.1, 0.15) is 12.0 Å². The number of carbonyl (C=O) groups is 1. The summed E-state index contributed by atoms with van der Waals surface area (Å²) in [6.07, 6.45) is 0.540. The summed E-state index contributed by atoms with van der Waals surface area (Å²) in [5, 5.41) is 9.39. The third kappa shape index (κ3) is 5.38. The molecule has 0 heterocycles. The molecule has 0 bridgehead atoms. The minimum absolute atomic E-state index is 0. The van der Waals surface area contributed by atoms with Crippen LogP contribution < -0.4 is 5.73 Å². The van der Waals surface area contributed by atoms with Crippen molar-refractivity contribution in [2.24, 2.45) is 5.73 Å². The first-order chi connectivity index (χ1) is 9.54. The van der Waals surface area contributed by atoms with Crippen LogP contribution in [0.4, 0.5) is 0 Å². The normalized spacial score (nSPS) is 11.5. The summed E-state index contributed by atoms with van der Waals surface area (Å²) < 4.78 is 0. The average molecular weight is 326 g/mol. The molecule has 2 aromatic carbocycles. The second-order valence-corrected chi connectivity index (χ2v) is 5.21.